The minimum atomic E-state index is -1.46. The Kier molecular flexibility index (Phi) is 4.38. The summed E-state index contributed by atoms with van der Waals surface area (Å²) in [7, 11) is 0. The monoisotopic (exact) mass is 387 g/mol. The highest BCUT2D eigenvalue weighted by Gasteiger charge is 2.40. The number of halogens is 1. The van der Waals surface area contributed by atoms with Gasteiger partial charge in [0.15, 0.2) is 11.4 Å². The van der Waals surface area contributed by atoms with Gasteiger partial charge in [-0.3, -0.25) is 14.5 Å². The van der Waals surface area contributed by atoms with Crippen LogP contribution in [0.4, 0.5) is 4.39 Å². The molecule has 0 spiro atoms. The number of pyridine rings is 1. The van der Waals surface area contributed by atoms with Crippen molar-refractivity contribution in [2.45, 2.75) is 25.7 Å². The van der Waals surface area contributed by atoms with Crippen molar-refractivity contribution in [3.05, 3.63) is 63.3 Å². The van der Waals surface area contributed by atoms with Crippen molar-refractivity contribution in [3.63, 3.8) is 0 Å². The Morgan fingerprint density at radius 2 is 1.89 bits per heavy atom. The minimum Gasteiger partial charge on any atom is -0.503 e. The van der Waals surface area contributed by atoms with Crippen LogP contribution in [0.1, 0.15) is 32.8 Å². The second-order valence-electron chi connectivity index (χ2n) is 6.96. The standard InChI is InChI=1S/C19H18FN3O5/c20-12-4-2-11(3-5-12)8-21-6-1-7-23-14(21)10-22-9-13(19(27)28)16(24)17(25)15(22)18(23)26/h2-5,9,14,25H,1,6-8,10H2,(H,27,28). The lowest BCUT2D eigenvalue weighted by Gasteiger charge is -2.47. The third-order valence-corrected chi connectivity index (χ3v) is 5.23. The van der Waals surface area contributed by atoms with Gasteiger partial charge >= 0.3 is 5.97 Å². The van der Waals surface area contributed by atoms with E-state index < -0.39 is 28.6 Å². The molecule has 1 aromatic carbocycles. The maximum absolute atomic E-state index is 13.2. The molecule has 1 saturated heterocycles. The summed E-state index contributed by atoms with van der Waals surface area (Å²) in [4.78, 5) is 39.9. The van der Waals surface area contributed by atoms with E-state index in [9.17, 15) is 29.0 Å². The number of carbonyl (C=O) groups is 2. The van der Waals surface area contributed by atoms with Crippen LogP contribution in [-0.2, 0) is 13.1 Å². The Balaban J connectivity index is 1.71. The number of aromatic carboxylic acids is 1. The summed E-state index contributed by atoms with van der Waals surface area (Å²) < 4.78 is 14.5. The molecule has 1 atom stereocenters. The van der Waals surface area contributed by atoms with E-state index in [2.05, 4.69) is 0 Å². The number of hydrogen-bond donors (Lipinski definition) is 2. The molecule has 0 radical (unpaired) electrons. The smallest absolute Gasteiger partial charge is 0.341 e. The molecular formula is C19H18FN3O5. The van der Waals surface area contributed by atoms with Gasteiger partial charge in [-0.1, -0.05) is 12.1 Å². The quantitative estimate of drug-likeness (QED) is 0.817. The lowest BCUT2D eigenvalue weighted by atomic mass is 10.1. The first-order valence-corrected chi connectivity index (χ1v) is 8.86. The lowest BCUT2D eigenvalue weighted by Crippen LogP contribution is -2.60. The SMILES string of the molecule is O=C(O)c1cn2c(c(O)c1=O)C(=O)N1CCCN(Cc3ccc(F)cc3)C1C2. The van der Waals surface area contributed by atoms with E-state index in [1.165, 1.54) is 16.7 Å². The van der Waals surface area contributed by atoms with Gasteiger partial charge < -0.3 is 19.7 Å². The largest absolute Gasteiger partial charge is 0.503 e. The summed E-state index contributed by atoms with van der Waals surface area (Å²) >= 11 is 0. The van der Waals surface area contributed by atoms with Gasteiger partial charge in [-0.05, 0) is 24.1 Å². The molecule has 2 N–H and O–H groups in total. The van der Waals surface area contributed by atoms with Gasteiger partial charge in [-0.2, -0.15) is 0 Å². The molecule has 9 heteroatoms. The Morgan fingerprint density at radius 3 is 2.57 bits per heavy atom. The fourth-order valence-corrected chi connectivity index (χ4v) is 3.88. The predicted molar refractivity (Wildman–Crippen MR) is 95.6 cm³/mol. The van der Waals surface area contributed by atoms with Crippen LogP contribution in [0, 0.1) is 5.82 Å². The molecule has 1 unspecified atom stereocenters. The topological polar surface area (TPSA) is 103 Å². The average molecular weight is 387 g/mol. The van der Waals surface area contributed by atoms with Crippen LogP contribution in [0.25, 0.3) is 0 Å². The Morgan fingerprint density at radius 1 is 1.18 bits per heavy atom. The highest BCUT2D eigenvalue weighted by Crippen LogP contribution is 2.28. The van der Waals surface area contributed by atoms with E-state index in [0.29, 0.717) is 26.1 Å². The predicted octanol–water partition coefficient (Wildman–Crippen LogP) is 1.08. The molecule has 1 amide bonds. The number of hydrogen-bond acceptors (Lipinski definition) is 5. The average Bonchev–Trinajstić information content (AvgIpc) is 2.67. The molecule has 28 heavy (non-hydrogen) atoms. The van der Waals surface area contributed by atoms with Crippen molar-refractivity contribution in [1.29, 1.82) is 0 Å². The van der Waals surface area contributed by atoms with Crippen LogP contribution in [-0.4, -0.2) is 55.7 Å². The second-order valence-corrected chi connectivity index (χ2v) is 6.96. The zero-order chi connectivity index (χ0) is 20.0. The van der Waals surface area contributed by atoms with Crippen molar-refractivity contribution in [1.82, 2.24) is 14.4 Å². The summed E-state index contributed by atoms with van der Waals surface area (Å²) in [6, 6.07) is 6.11. The van der Waals surface area contributed by atoms with E-state index in [1.54, 1.807) is 17.0 Å². The first-order valence-electron chi connectivity index (χ1n) is 8.86. The van der Waals surface area contributed by atoms with Gasteiger partial charge in [0.25, 0.3) is 5.91 Å². The van der Waals surface area contributed by atoms with Gasteiger partial charge in [0.05, 0.1) is 6.54 Å². The van der Waals surface area contributed by atoms with Gasteiger partial charge in [0.2, 0.25) is 5.43 Å². The van der Waals surface area contributed by atoms with Crippen LogP contribution in [0.3, 0.4) is 0 Å². The van der Waals surface area contributed by atoms with Crippen LogP contribution in [0.15, 0.2) is 35.3 Å². The molecule has 2 aliphatic heterocycles. The molecule has 146 valence electrons. The molecule has 4 rings (SSSR count). The summed E-state index contributed by atoms with van der Waals surface area (Å²) in [6.07, 6.45) is 1.46. The number of benzene rings is 1. The fourth-order valence-electron chi connectivity index (χ4n) is 3.88. The lowest BCUT2D eigenvalue weighted by molar-refractivity contribution is -0.0140. The molecule has 0 bridgehead atoms. The van der Waals surface area contributed by atoms with Gasteiger partial charge in [0, 0.05) is 25.8 Å². The molecule has 1 aromatic heterocycles. The van der Waals surface area contributed by atoms with E-state index >= 15 is 0 Å². The van der Waals surface area contributed by atoms with Gasteiger partial charge in [-0.25, -0.2) is 9.18 Å². The number of nitrogens with zero attached hydrogens (tertiary/aromatic N) is 3. The normalized spacial score (nSPS) is 19.2. The maximum Gasteiger partial charge on any atom is 0.341 e. The number of carboxylic acids is 1. The summed E-state index contributed by atoms with van der Waals surface area (Å²) in [5.41, 5.74) is -0.945. The van der Waals surface area contributed by atoms with E-state index in [1.807, 2.05) is 4.90 Å². The summed E-state index contributed by atoms with van der Waals surface area (Å²) in [5.74, 6) is -3.13. The molecule has 2 aliphatic rings. The summed E-state index contributed by atoms with van der Waals surface area (Å²) in [6.45, 7) is 1.88. The molecule has 1 fully saturated rings. The molecule has 0 aliphatic carbocycles. The Hall–Kier alpha value is -3.20. The van der Waals surface area contributed by atoms with E-state index in [0.717, 1.165) is 11.8 Å². The third-order valence-electron chi connectivity index (χ3n) is 5.23. The van der Waals surface area contributed by atoms with E-state index in [-0.39, 0.29) is 24.2 Å². The number of aromatic nitrogens is 1. The van der Waals surface area contributed by atoms with Crippen molar-refractivity contribution in [2.75, 3.05) is 13.1 Å². The fraction of sp³-hybridized carbons (Fsp3) is 0.316. The van der Waals surface area contributed by atoms with Gasteiger partial charge in [0.1, 0.15) is 17.5 Å². The number of aromatic hydroxyl groups is 1. The van der Waals surface area contributed by atoms with Crippen molar-refractivity contribution in [2.24, 2.45) is 0 Å². The zero-order valence-corrected chi connectivity index (χ0v) is 14.8. The molecular weight excluding hydrogens is 369 g/mol. The Bertz CT molecular complexity index is 1020. The van der Waals surface area contributed by atoms with Crippen LogP contribution in [0.2, 0.25) is 0 Å². The zero-order valence-electron chi connectivity index (χ0n) is 14.8. The molecule has 3 heterocycles. The van der Waals surface area contributed by atoms with Crippen LogP contribution < -0.4 is 5.43 Å². The van der Waals surface area contributed by atoms with Crippen molar-refractivity contribution < 1.29 is 24.2 Å². The third kappa shape index (κ3) is 2.93. The summed E-state index contributed by atoms with van der Waals surface area (Å²) in [5, 5.41) is 19.4. The van der Waals surface area contributed by atoms with Crippen molar-refractivity contribution >= 4 is 11.9 Å². The number of carboxylic acid groups (broad SMARTS) is 1. The molecule has 0 saturated carbocycles. The number of amides is 1. The highest BCUT2D eigenvalue weighted by molar-refractivity contribution is 5.97. The van der Waals surface area contributed by atoms with Crippen LogP contribution in [0.5, 0.6) is 5.75 Å². The first-order chi connectivity index (χ1) is 13.4. The number of carbonyl (C=O) groups excluding carboxylic acids is 1. The minimum absolute atomic E-state index is 0.185. The maximum atomic E-state index is 13.2. The molecule has 8 nitrogen and oxygen atoms in total. The highest BCUT2D eigenvalue weighted by atomic mass is 19.1. The number of fused-ring (bicyclic) bond motifs is 2. The van der Waals surface area contributed by atoms with Crippen LogP contribution >= 0.6 is 0 Å². The molecule has 2 aromatic rings. The van der Waals surface area contributed by atoms with Crippen molar-refractivity contribution in [3.8, 4) is 5.75 Å². The Labute approximate surface area is 159 Å². The van der Waals surface area contributed by atoms with Gasteiger partial charge in [-0.15, -0.1) is 0 Å². The second kappa shape index (κ2) is 6.75. The first kappa shape index (κ1) is 18.2. The van der Waals surface area contributed by atoms with E-state index in [4.69, 9.17) is 0 Å². The number of rotatable bonds is 3.